The highest BCUT2D eigenvalue weighted by atomic mass is 35.7. The third kappa shape index (κ3) is 4.51. The van der Waals surface area contributed by atoms with E-state index in [1.807, 2.05) is 13.8 Å². The molecule has 0 aliphatic heterocycles. The Morgan fingerprint density at radius 2 is 1.84 bits per heavy atom. The summed E-state index contributed by atoms with van der Waals surface area (Å²) in [6.45, 7) is 5.69. The number of nitrogens with one attached hydrogen (secondary N) is 1. The fourth-order valence-corrected chi connectivity index (χ4v) is 2.64. The molecule has 0 saturated carbocycles. The average Bonchev–Trinajstić information content (AvgIpc) is 2.33. The summed E-state index contributed by atoms with van der Waals surface area (Å²) in [5.41, 5.74) is 0.988. The van der Waals surface area contributed by atoms with Gasteiger partial charge in [0.2, 0.25) is 0 Å². The number of rotatable bonds is 5. The molecule has 4 nitrogen and oxygen atoms in total. The van der Waals surface area contributed by atoms with Crippen LogP contribution in [0.5, 0.6) is 0 Å². The molecule has 1 aromatic carbocycles. The molecule has 0 aromatic heterocycles. The van der Waals surface area contributed by atoms with Crippen LogP contribution in [0, 0.1) is 6.92 Å². The van der Waals surface area contributed by atoms with Gasteiger partial charge in [-0.1, -0.05) is 13.8 Å². The Hall–Kier alpha value is -1.07. The van der Waals surface area contributed by atoms with E-state index in [2.05, 4.69) is 5.32 Å². The monoisotopic (exact) mass is 303 g/mol. The summed E-state index contributed by atoms with van der Waals surface area (Å²) in [5, 5.41) is 2.86. The second-order valence-corrected chi connectivity index (χ2v) is 7.03. The highest BCUT2D eigenvalue weighted by Crippen LogP contribution is 2.19. The molecule has 1 rings (SSSR count). The molecule has 19 heavy (non-hydrogen) atoms. The van der Waals surface area contributed by atoms with Gasteiger partial charge in [0.1, 0.15) is 0 Å². The Labute approximate surface area is 118 Å². The number of carbonyl (C=O) groups is 1. The Morgan fingerprint density at radius 1 is 1.26 bits per heavy atom. The van der Waals surface area contributed by atoms with E-state index in [1.165, 1.54) is 12.1 Å². The Kier molecular flexibility index (Phi) is 5.38. The first-order chi connectivity index (χ1) is 8.77. The van der Waals surface area contributed by atoms with E-state index in [9.17, 15) is 13.2 Å². The predicted molar refractivity (Wildman–Crippen MR) is 76.1 cm³/mol. The van der Waals surface area contributed by atoms with Gasteiger partial charge in [0.05, 0.1) is 4.90 Å². The lowest BCUT2D eigenvalue weighted by Gasteiger charge is -2.15. The summed E-state index contributed by atoms with van der Waals surface area (Å²) in [6.07, 6.45) is 1.66. The van der Waals surface area contributed by atoms with Crippen molar-refractivity contribution < 1.29 is 13.2 Å². The summed E-state index contributed by atoms with van der Waals surface area (Å²) in [4.78, 5) is 12.0. The number of aryl methyl sites for hydroxylation is 1. The van der Waals surface area contributed by atoms with Crippen LogP contribution in [0.25, 0.3) is 0 Å². The van der Waals surface area contributed by atoms with Crippen molar-refractivity contribution in [2.75, 3.05) is 0 Å². The van der Waals surface area contributed by atoms with Crippen LogP contribution in [0.2, 0.25) is 0 Å². The first-order valence-corrected chi connectivity index (χ1v) is 8.46. The maximum Gasteiger partial charge on any atom is 0.261 e. The number of amides is 1. The second-order valence-electron chi connectivity index (χ2n) is 4.46. The fourth-order valence-electron chi connectivity index (χ4n) is 1.78. The third-order valence-electron chi connectivity index (χ3n) is 2.92. The van der Waals surface area contributed by atoms with E-state index in [0.717, 1.165) is 12.8 Å². The van der Waals surface area contributed by atoms with Gasteiger partial charge in [0, 0.05) is 22.3 Å². The molecule has 0 fully saturated rings. The SMILES string of the molecule is CCC(CC)NC(=O)c1cc(C)cc(S(=O)(=O)Cl)c1. The largest absolute Gasteiger partial charge is 0.349 e. The van der Waals surface area contributed by atoms with Crippen molar-refractivity contribution in [3.63, 3.8) is 0 Å². The van der Waals surface area contributed by atoms with Gasteiger partial charge < -0.3 is 5.32 Å². The van der Waals surface area contributed by atoms with Crippen LogP contribution in [-0.4, -0.2) is 20.4 Å². The van der Waals surface area contributed by atoms with Crippen LogP contribution in [0.4, 0.5) is 0 Å². The van der Waals surface area contributed by atoms with Crippen LogP contribution < -0.4 is 5.32 Å². The van der Waals surface area contributed by atoms with Gasteiger partial charge in [0.15, 0.2) is 0 Å². The van der Waals surface area contributed by atoms with Crippen LogP contribution in [0.15, 0.2) is 23.1 Å². The highest BCUT2D eigenvalue weighted by Gasteiger charge is 2.16. The number of halogens is 1. The molecule has 1 amide bonds. The van der Waals surface area contributed by atoms with Gasteiger partial charge in [-0.25, -0.2) is 8.42 Å². The van der Waals surface area contributed by atoms with E-state index in [0.29, 0.717) is 11.1 Å². The summed E-state index contributed by atoms with van der Waals surface area (Å²) in [5.74, 6) is -0.279. The minimum Gasteiger partial charge on any atom is -0.349 e. The summed E-state index contributed by atoms with van der Waals surface area (Å²) in [7, 11) is 1.48. The normalized spacial score (nSPS) is 11.6. The van der Waals surface area contributed by atoms with Gasteiger partial charge in [-0.3, -0.25) is 4.79 Å². The van der Waals surface area contributed by atoms with Crippen molar-refractivity contribution in [2.45, 2.75) is 44.6 Å². The average molecular weight is 304 g/mol. The highest BCUT2D eigenvalue weighted by molar-refractivity contribution is 8.13. The molecule has 0 atom stereocenters. The Bertz CT molecular complexity index is 565. The van der Waals surface area contributed by atoms with Crippen LogP contribution in [0.1, 0.15) is 42.6 Å². The quantitative estimate of drug-likeness (QED) is 0.851. The number of hydrogen-bond donors (Lipinski definition) is 1. The van der Waals surface area contributed by atoms with Crippen LogP contribution >= 0.6 is 10.7 Å². The van der Waals surface area contributed by atoms with E-state index in [1.54, 1.807) is 13.0 Å². The molecule has 106 valence electrons. The fraction of sp³-hybridized carbons (Fsp3) is 0.462. The zero-order chi connectivity index (χ0) is 14.6. The van der Waals surface area contributed by atoms with Crippen molar-refractivity contribution in [1.29, 1.82) is 0 Å². The van der Waals surface area contributed by atoms with Crippen molar-refractivity contribution in [2.24, 2.45) is 0 Å². The van der Waals surface area contributed by atoms with Gasteiger partial charge in [-0.15, -0.1) is 0 Å². The summed E-state index contributed by atoms with van der Waals surface area (Å²) >= 11 is 0. The van der Waals surface area contributed by atoms with E-state index in [4.69, 9.17) is 10.7 Å². The molecule has 0 spiro atoms. The lowest BCUT2D eigenvalue weighted by Crippen LogP contribution is -2.33. The molecule has 1 aromatic rings. The minimum absolute atomic E-state index is 0.0520. The first kappa shape index (κ1) is 16.0. The summed E-state index contributed by atoms with van der Waals surface area (Å²) < 4.78 is 22.7. The first-order valence-electron chi connectivity index (χ1n) is 6.15. The van der Waals surface area contributed by atoms with E-state index >= 15 is 0 Å². The molecule has 0 radical (unpaired) electrons. The van der Waals surface area contributed by atoms with Gasteiger partial charge in [-0.2, -0.15) is 0 Å². The Balaban J connectivity index is 3.08. The zero-order valence-corrected chi connectivity index (χ0v) is 12.8. The van der Waals surface area contributed by atoms with Gasteiger partial charge in [0.25, 0.3) is 15.0 Å². The number of carbonyl (C=O) groups excluding carboxylic acids is 1. The predicted octanol–water partition coefficient (Wildman–Crippen LogP) is 2.84. The molecule has 0 bridgehead atoms. The molecule has 0 aliphatic rings. The maximum absolute atomic E-state index is 12.1. The molecule has 0 unspecified atom stereocenters. The van der Waals surface area contributed by atoms with Crippen molar-refractivity contribution in [3.05, 3.63) is 29.3 Å². The van der Waals surface area contributed by atoms with Gasteiger partial charge >= 0.3 is 0 Å². The maximum atomic E-state index is 12.1. The van der Waals surface area contributed by atoms with E-state index < -0.39 is 9.05 Å². The zero-order valence-electron chi connectivity index (χ0n) is 11.2. The van der Waals surface area contributed by atoms with Gasteiger partial charge in [-0.05, 0) is 43.5 Å². The Morgan fingerprint density at radius 3 is 2.32 bits per heavy atom. The smallest absolute Gasteiger partial charge is 0.261 e. The van der Waals surface area contributed by atoms with Crippen molar-refractivity contribution in [3.8, 4) is 0 Å². The topological polar surface area (TPSA) is 63.2 Å². The van der Waals surface area contributed by atoms with Crippen LogP contribution in [0.3, 0.4) is 0 Å². The molecule has 6 heteroatoms. The molecule has 0 saturated heterocycles. The van der Waals surface area contributed by atoms with E-state index in [-0.39, 0.29) is 16.8 Å². The second kappa shape index (κ2) is 6.39. The lowest BCUT2D eigenvalue weighted by molar-refractivity contribution is 0.0934. The molecular formula is C13H18ClNO3S. The lowest BCUT2D eigenvalue weighted by atomic mass is 10.1. The number of benzene rings is 1. The molecule has 0 heterocycles. The molecule has 0 aliphatic carbocycles. The molecular weight excluding hydrogens is 286 g/mol. The van der Waals surface area contributed by atoms with Crippen LogP contribution in [-0.2, 0) is 9.05 Å². The standard InChI is InChI=1S/C13H18ClNO3S/c1-4-11(5-2)15-13(16)10-6-9(3)7-12(8-10)19(14,17)18/h6-8,11H,4-5H2,1-3H3,(H,15,16). The van der Waals surface area contributed by atoms with Crippen molar-refractivity contribution in [1.82, 2.24) is 5.32 Å². The molecule has 1 N–H and O–H groups in total. The van der Waals surface area contributed by atoms with Crippen molar-refractivity contribution >= 4 is 25.6 Å². The minimum atomic E-state index is -3.83. The summed E-state index contributed by atoms with van der Waals surface area (Å²) in [6, 6.07) is 4.47. The number of hydrogen-bond acceptors (Lipinski definition) is 3. The third-order valence-corrected chi connectivity index (χ3v) is 4.25.